The summed E-state index contributed by atoms with van der Waals surface area (Å²) in [4.78, 5) is 19.3. The van der Waals surface area contributed by atoms with E-state index in [-0.39, 0.29) is 19.2 Å². The molecule has 4 heterocycles. The van der Waals surface area contributed by atoms with Gasteiger partial charge in [0.2, 0.25) is 5.95 Å². The van der Waals surface area contributed by atoms with Crippen molar-refractivity contribution in [2.75, 3.05) is 23.3 Å². The molecule has 160 valence electrons. The average Bonchev–Trinajstić information content (AvgIpc) is 3.08. The Hall–Kier alpha value is -2.85. The van der Waals surface area contributed by atoms with E-state index in [0.29, 0.717) is 41.9 Å². The van der Waals surface area contributed by atoms with Crippen LogP contribution < -0.4 is 10.2 Å². The van der Waals surface area contributed by atoms with E-state index in [1.54, 1.807) is 23.4 Å². The molecule has 1 fully saturated rings. The van der Waals surface area contributed by atoms with Gasteiger partial charge in [-0.1, -0.05) is 0 Å². The van der Waals surface area contributed by atoms with E-state index in [4.69, 9.17) is 0 Å². The third-order valence-electron chi connectivity index (χ3n) is 5.43. The molecule has 0 spiro atoms. The first-order valence-electron chi connectivity index (χ1n) is 9.97. The van der Waals surface area contributed by atoms with Crippen molar-refractivity contribution in [2.45, 2.75) is 51.6 Å². The number of aromatic nitrogens is 5. The zero-order valence-electron chi connectivity index (χ0n) is 17.2. The van der Waals surface area contributed by atoms with E-state index in [1.807, 2.05) is 24.5 Å². The molecular weight excluding hydrogens is 389 g/mol. The highest BCUT2D eigenvalue weighted by Crippen LogP contribution is 2.28. The first-order chi connectivity index (χ1) is 14.3. The Labute approximate surface area is 173 Å². The molecule has 30 heavy (non-hydrogen) atoms. The topological polar surface area (TPSA) is 112 Å². The minimum absolute atomic E-state index is 0.0399. The predicted octanol–water partition coefficient (Wildman–Crippen LogP) is 2.34. The quantitative estimate of drug-likeness (QED) is 0.582. The van der Waals surface area contributed by atoms with E-state index in [1.165, 1.54) is 6.92 Å². The van der Waals surface area contributed by atoms with Crippen LogP contribution in [0.4, 0.5) is 22.0 Å². The van der Waals surface area contributed by atoms with Crippen molar-refractivity contribution in [2.24, 2.45) is 0 Å². The van der Waals surface area contributed by atoms with Crippen molar-refractivity contribution in [1.29, 1.82) is 0 Å². The fourth-order valence-electron chi connectivity index (χ4n) is 3.69. The fraction of sp³-hybridized carbons (Fsp3) is 0.500. The molecule has 4 rings (SSSR count). The Kier molecular flexibility index (Phi) is 5.29. The van der Waals surface area contributed by atoms with Gasteiger partial charge in [-0.15, -0.1) is 0 Å². The fourth-order valence-corrected chi connectivity index (χ4v) is 3.69. The number of rotatable bonds is 5. The van der Waals surface area contributed by atoms with Gasteiger partial charge in [0, 0.05) is 24.8 Å². The first kappa shape index (κ1) is 20.4. The molecule has 10 heteroatoms. The molecule has 0 saturated carbocycles. The first-order valence-corrected chi connectivity index (χ1v) is 9.97. The van der Waals surface area contributed by atoms with Crippen LogP contribution in [0.25, 0.3) is 11.0 Å². The summed E-state index contributed by atoms with van der Waals surface area (Å²) in [5.41, 5.74) is 0.244. The van der Waals surface area contributed by atoms with Crippen LogP contribution in [-0.4, -0.2) is 59.6 Å². The number of imidazole rings is 1. The summed E-state index contributed by atoms with van der Waals surface area (Å²) in [7, 11) is 0. The number of halogens is 1. The highest BCUT2D eigenvalue weighted by molar-refractivity contribution is 5.79. The molecule has 0 bridgehead atoms. The number of anilines is 3. The Morgan fingerprint density at radius 2 is 2.10 bits per heavy atom. The lowest BCUT2D eigenvalue weighted by molar-refractivity contribution is -0.0332. The maximum Gasteiger partial charge on any atom is 0.227 e. The number of hydrogen-bond acceptors (Lipinski definition) is 8. The monoisotopic (exact) mass is 415 g/mol. The van der Waals surface area contributed by atoms with E-state index in [2.05, 4.69) is 25.3 Å². The zero-order chi connectivity index (χ0) is 21.5. The highest BCUT2D eigenvalue weighted by atomic mass is 19.1. The molecule has 2 unspecified atom stereocenters. The maximum atomic E-state index is 14.2. The maximum absolute atomic E-state index is 14.2. The number of aliphatic hydroxyl groups excluding tert-OH is 1. The van der Waals surface area contributed by atoms with Gasteiger partial charge in [-0.3, -0.25) is 0 Å². The molecule has 1 aliphatic heterocycles. The lowest BCUT2D eigenvalue weighted by Gasteiger charge is -2.38. The summed E-state index contributed by atoms with van der Waals surface area (Å²) in [6.07, 6.45) is 2.19. The highest BCUT2D eigenvalue weighted by Gasteiger charge is 2.38. The summed E-state index contributed by atoms with van der Waals surface area (Å²) in [6, 6.07) is 3.70. The number of piperidine rings is 1. The number of pyridine rings is 1. The van der Waals surface area contributed by atoms with Crippen molar-refractivity contribution in [3.63, 3.8) is 0 Å². The molecule has 3 aromatic rings. The summed E-state index contributed by atoms with van der Waals surface area (Å²) < 4.78 is 16.2. The molecule has 3 N–H and O–H groups in total. The van der Waals surface area contributed by atoms with E-state index >= 15 is 0 Å². The molecule has 9 nitrogen and oxygen atoms in total. The lowest BCUT2D eigenvalue weighted by Crippen LogP contribution is -2.52. The molecule has 1 saturated heterocycles. The van der Waals surface area contributed by atoms with Gasteiger partial charge in [-0.25, -0.2) is 19.3 Å². The zero-order valence-corrected chi connectivity index (χ0v) is 17.2. The second-order valence-corrected chi connectivity index (χ2v) is 8.10. The Balaban J connectivity index is 1.58. The van der Waals surface area contributed by atoms with E-state index in [0.717, 1.165) is 5.52 Å². The SMILES string of the molecule is CC(C)n1c(CO)nc2cnc(Nc3ccnc(N4CCC(C)(O)C(F)C4)n3)cc21. The molecule has 0 radical (unpaired) electrons. The van der Waals surface area contributed by atoms with E-state index in [9.17, 15) is 14.6 Å². The second-order valence-electron chi connectivity index (χ2n) is 8.10. The summed E-state index contributed by atoms with van der Waals surface area (Å²) in [6.45, 7) is 5.93. The lowest BCUT2D eigenvalue weighted by atomic mass is 9.92. The smallest absolute Gasteiger partial charge is 0.227 e. The van der Waals surface area contributed by atoms with Crippen LogP contribution >= 0.6 is 0 Å². The van der Waals surface area contributed by atoms with Gasteiger partial charge >= 0.3 is 0 Å². The second kappa shape index (κ2) is 7.77. The number of alkyl halides is 1. The van der Waals surface area contributed by atoms with Gasteiger partial charge in [-0.2, -0.15) is 4.98 Å². The van der Waals surface area contributed by atoms with Crippen LogP contribution in [0.15, 0.2) is 24.5 Å². The largest absolute Gasteiger partial charge is 0.388 e. The molecule has 0 aliphatic carbocycles. The summed E-state index contributed by atoms with van der Waals surface area (Å²) in [5, 5.41) is 22.8. The minimum atomic E-state index is -1.37. The van der Waals surface area contributed by atoms with Gasteiger partial charge in [-0.05, 0) is 33.3 Å². The Morgan fingerprint density at radius 3 is 2.80 bits per heavy atom. The Morgan fingerprint density at radius 1 is 1.30 bits per heavy atom. The van der Waals surface area contributed by atoms with Gasteiger partial charge in [0.1, 0.15) is 35.8 Å². The van der Waals surface area contributed by atoms with Crippen LogP contribution in [0, 0.1) is 0 Å². The molecule has 2 atom stereocenters. The number of fused-ring (bicyclic) bond motifs is 1. The third-order valence-corrected chi connectivity index (χ3v) is 5.43. The number of nitrogens with zero attached hydrogens (tertiary/aromatic N) is 6. The van der Waals surface area contributed by atoms with Crippen LogP contribution in [0.5, 0.6) is 0 Å². The van der Waals surface area contributed by atoms with Crippen molar-refractivity contribution >= 4 is 28.6 Å². The van der Waals surface area contributed by atoms with Crippen molar-refractivity contribution in [3.8, 4) is 0 Å². The molecule has 0 amide bonds. The summed E-state index contributed by atoms with van der Waals surface area (Å²) in [5.74, 6) is 2.08. The Bertz CT molecular complexity index is 1050. The van der Waals surface area contributed by atoms with Crippen LogP contribution in [0.2, 0.25) is 0 Å². The average molecular weight is 415 g/mol. The standard InChI is InChI=1S/C20H26FN7O2/c1-12(2)28-14-8-17(23-9-13(14)24-18(28)11-29)25-16-4-6-22-19(26-16)27-7-5-20(3,30)15(21)10-27/h4,6,8-9,12,15,29-30H,5,7,10-11H2,1-3H3,(H,22,23,25,26). The molecular formula is C20H26FN7O2. The predicted molar refractivity (Wildman–Crippen MR) is 112 cm³/mol. The minimum Gasteiger partial charge on any atom is -0.388 e. The number of nitrogens with one attached hydrogen (secondary N) is 1. The van der Waals surface area contributed by atoms with Gasteiger partial charge in [0.25, 0.3) is 0 Å². The molecule has 3 aromatic heterocycles. The van der Waals surface area contributed by atoms with Crippen molar-refractivity contribution in [3.05, 3.63) is 30.4 Å². The van der Waals surface area contributed by atoms with Crippen molar-refractivity contribution < 1.29 is 14.6 Å². The number of aliphatic hydroxyl groups is 2. The van der Waals surface area contributed by atoms with Gasteiger partial charge in [0.05, 0.1) is 23.9 Å². The van der Waals surface area contributed by atoms with Crippen molar-refractivity contribution in [1.82, 2.24) is 24.5 Å². The molecule has 0 aromatic carbocycles. The van der Waals surface area contributed by atoms with E-state index < -0.39 is 11.8 Å². The normalized spacial score (nSPS) is 22.1. The molecule has 1 aliphatic rings. The summed E-state index contributed by atoms with van der Waals surface area (Å²) >= 11 is 0. The van der Waals surface area contributed by atoms with Crippen LogP contribution in [0.3, 0.4) is 0 Å². The number of hydrogen-bond donors (Lipinski definition) is 3. The van der Waals surface area contributed by atoms with Crippen LogP contribution in [-0.2, 0) is 6.61 Å². The van der Waals surface area contributed by atoms with Crippen LogP contribution in [0.1, 0.15) is 39.1 Å². The third kappa shape index (κ3) is 3.80. The van der Waals surface area contributed by atoms with Gasteiger partial charge < -0.3 is 25.0 Å². The van der Waals surface area contributed by atoms with Gasteiger partial charge in [0.15, 0.2) is 0 Å².